The highest BCUT2D eigenvalue weighted by molar-refractivity contribution is 5.75. The molecule has 1 heterocycles. The molecule has 0 atom stereocenters. The summed E-state index contributed by atoms with van der Waals surface area (Å²) in [4.78, 5) is 15.8. The van der Waals surface area contributed by atoms with Crippen LogP contribution in [0.1, 0.15) is 6.42 Å². The molecule has 1 saturated heterocycles. The third-order valence-corrected chi connectivity index (χ3v) is 1.80. The molecule has 64 valence electrons. The lowest BCUT2D eigenvalue weighted by atomic mass is 10.0. The minimum absolute atomic E-state index is 0.0146. The molecule has 0 unspecified atom stereocenters. The van der Waals surface area contributed by atoms with Crippen LogP contribution in [0.3, 0.4) is 0 Å². The van der Waals surface area contributed by atoms with Crippen molar-refractivity contribution in [3.63, 3.8) is 0 Å². The Bertz CT molecular complexity index is 145. The van der Waals surface area contributed by atoms with E-state index in [4.69, 9.17) is 9.57 Å². The van der Waals surface area contributed by atoms with Crippen molar-refractivity contribution >= 4 is 5.91 Å². The monoisotopic (exact) mass is 159 g/mol. The van der Waals surface area contributed by atoms with Gasteiger partial charge in [-0.05, 0) is 0 Å². The van der Waals surface area contributed by atoms with E-state index in [2.05, 4.69) is 0 Å². The number of ether oxygens (including phenoxy) is 1. The van der Waals surface area contributed by atoms with E-state index in [0.29, 0.717) is 25.6 Å². The number of carbonyl (C=O) groups excluding carboxylic acids is 1. The van der Waals surface area contributed by atoms with Crippen LogP contribution in [0.5, 0.6) is 0 Å². The van der Waals surface area contributed by atoms with E-state index in [1.54, 1.807) is 7.05 Å². The smallest absolute Gasteiger partial charge is 0.246 e. The fraction of sp³-hybridized carbons (Fsp3) is 0.857. The molecule has 1 aliphatic rings. The first kappa shape index (κ1) is 8.49. The standard InChI is InChI=1S/C7H13NO3/c1-8(10-2)7(9)3-6-4-11-5-6/h6H,3-5H2,1-2H3. The fourth-order valence-electron chi connectivity index (χ4n) is 0.880. The second kappa shape index (κ2) is 3.69. The molecular weight excluding hydrogens is 146 g/mol. The lowest BCUT2D eigenvalue weighted by Crippen LogP contribution is -2.34. The maximum absolute atomic E-state index is 11.1. The van der Waals surface area contributed by atoms with Gasteiger partial charge in [0, 0.05) is 19.4 Å². The van der Waals surface area contributed by atoms with Crippen molar-refractivity contribution in [2.45, 2.75) is 6.42 Å². The van der Waals surface area contributed by atoms with Gasteiger partial charge in [0.05, 0.1) is 20.3 Å². The van der Waals surface area contributed by atoms with E-state index in [0.717, 1.165) is 0 Å². The number of hydrogen-bond acceptors (Lipinski definition) is 3. The number of carbonyl (C=O) groups is 1. The lowest BCUT2D eigenvalue weighted by Gasteiger charge is -2.26. The van der Waals surface area contributed by atoms with Crippen LogP contribution in [-0.4, -0.2) is 38.3 Å². The number of rotatable bonds is 3. The summed E-state index contributed by atoms with van der Waals surface area (Å²) >= 11 is 0. The van der Waals surface area contributed by atoms with Crippen LogP contribution >= 0.6 is 0 Å². The Morgan fingerprint density at radius 1 is 1.73 bits per heavy atom. The molecule has 0 spiro atoms. The van der Waals surface area contributed by atoms with Crippen molar-refractivity contribution in [1.82, 2.24) is 5.06 Å². The van der Waals surface area contributed by atoms with Crippen LogP contribution in [0.15, 0.2) is 0 Å². The van der Waals surface area contributed by atoms with Gasteiger partial charge in [0.15, 0.2) is 0 Å². The van der Waals surface area contributed by atoms with E-state index in [-0.39, 0.29) is 5.91 Å². The summed E-state index contributed by atoms with van der Waals surface area (Å²) in [5.74, 6) is 0.418. The number of nitrogens with zero attached hydrogens (tertiary/aromatic N) is 1. The van der Waals surface area contributed by atoms with Gasteiger partial charge in [-0.25, -0.2) is 5.06 Å². The van der Waals surface area contributed by atoms with Gasteiger partial charge >= 0.3 is 0 Å². The second-order valence-corrected chi connectivity index (χ2v) is 2.68. The summed E-state index contributed by atoms with van der Waals surface area (Å²) in [6.45, 7) is 1.42. The van der Waals surface area contributed by atoms with E-state index >= 15 is 0 Å². The molecule has 0 saturated carbocycles. The van der Waals surface area contributed by atoms with Crippen molar-refractivity contribution in [3.8, 4) is 0 Å². The minimum atomic E-state index is 0.0146. The van der Waals surface area contributed by atoms with Crippen LogP contribution < -0.4 is 0 Å². The van der Waals surface area contributed by atoms with Crippen molar-refractivity contribution in [2.24, 2.45) is 5.92 Å². The molecule has 4 heteroatoms. The highest BCUT2D eigenvalue weighted by atomic mass is 16.7. The van der Waals surface area contributed by atoms with E-state index in [1.807, 2.05) is 0 Å². The van der Waals surface area contributed by atoms with Crippen molar-refractivity contribution in [2.75, 3.05) is 27.4 Å². The van der Waals surface area contributed by atoms with Gasteiger partial charge in [-0.1, -0.05) is 0 Å². The molecule has 4 nitrogen and oxygen atoms in total. The normalized spacial score (nSPS) is 17.6. The van der Waals surface area contributed by atoms with Gasteiger partial charge in [0.25, 0.3) is 0 Å². The van der Waals surface area contributed by atoms with Gasteiger partial charge in [-0.2, -0.15) is 0 Å². The second-order valence-electron chi connectivity index (χ2n) is 2.68. The van der Waals surface area contributed by atoms with Crippen LogP contribution in [0.4, 0.5) is 0 Å². The van der Waals surface area contributed by atoms with Crippen molar-refractivity contribution in [3.05, 3.63) is 0 Å². The Morgan fingerprint density at radius 2 is 2.36 bits per heavy atom. The molecule has 1 fully saturated rings. The van der Waals surface area contributed by atoms with Crippen LogP contribution in [-0.2, 0) is 14.4 Å². The van der Waals surface area contributed by atoms with Crippen LogP contribution in [0.2, 0.25) is 0 Å². The Labute approximate surface area is 66.0 Å². The zero-order valence-electron chi connectivity index (χ0n) is 6.87. The van der Waals surface area contributed by atoms with Gasteiger partial charge in [-0.3, -0.25) is 9.63 Å². The first-order valence-electron chi connectivity index (χ1n) is 3.62. The van der Waals surface area contributed by atoms with Crippen LogP contribution in [0, 0.1) is 5.92 Å². The van der Waals surface area contributed by atoms with Gasteiger partial charge in [0.2, 0.25) is 5.91 Å². The van der Waals surface area contributed by atoms with E-state index in [9.17, 15) is 4.79 Å². The first-order valence-corrected chi connectivity index (χ1v) is 3.62. The topological polar surface area (TPSA) is 38.8 Å². The molecule has 1 aliphatic heterocycles. The summed E-state index contributed by atoms with van der Waals surface area (Å²) in [6.07, 6.45) is 0.532. The lowest BCUT2D eigenvalue weighted by molar-refractivity contribution is -0.173. The Hall–Kier alpha value is -0.610. The zero-order chi connectivity index (χ0) is 8.27. The molecule has 11 heavy (non-hydrogen) atoms. The molecule has 0 aliphatic carbocycles. The fourth-order valence-corrected chi connectivity index (χ4v) is 0.880. The summed E-state index contributed by atoms with van der Waals surface area (Å²) in [5, 5.41) is 1.25. The Balaban J connectivity index is 2.19. The largest absolute Gasteiger partial charge is 0.381 e. The maximum Gasteiger partial charge on any atom is 0.246 e. The molecule has 0 aromatic rings. The number of hydrogen-bond donors (Lipinski definition) is 0. The highest BCUT2D eigenvalue weighted by Gasteiger charge is 2.23. The number of hydroxylamine groups is 2. The molecule has 0 radical (unpaired) electrons. The Morgan fingerprint density at radius 3 is 2.73 bits per heavy atom. The van der Waals surface area contributed by atoms with E-state index in [1.165, 1.54) is 12.2 Å². The first-order chi connectivity index (χ1) is 5.24. The summed E-state index contributed by atoms with van der Waals surface area (Å²) in [5.41, 5.74) is 0. The highest BCUT2D eigenvalue weighted by Crippen LogP contribution is 2.14. The SMILES string of the molecule is CON(C)C(=O)CC1COC1. The molecule has 0 bridgehead atoms. The van der Waals surface area contributed by atoms with E-state index < -0.39 is 0 Å². The molecule has 0 aromatic heterocycles. The van der Waals surface area contributed by atoms with Gasteiger partial charge in [0.1, 0.15) is 0 Å². The predicted molar refractivity (Wildman–Crippen MR) is 38.7 cm³/mol. The quantitative estimate of drug-likeness (QED) is 0.546. The summed E-state index contributed by atoms with van der Waals surface area (Å²) < 4.78 is 4.94. The third kappa shape index (κ3) is 2.17. The molecule has 1 amide bonds. The predicted octanol–water partition coefficient (Wildman–Crippen LogP) is 0.0427. The molecule has 0 aromatic carbocycles. The van der Waals surface area contributed by atoms with Gasteiger partial charge in [-0.15, -0.1) is 0 Å². The van der Waals surface area contributed by atoms with Crippen LogP contribution in [0.25, 0.3) is 0 Å². The molecule has 0 N–H and O–H groups in total. The van der Waals surface area contributed by atoms with Crippen molar-refractivity contribution in [1.29, 1.82) is 0 Å². The van der Waals surface area contributed by atoms with Gasteiger partial charge < -0.3 is 4.74 Å². The zero-order valence-corrected chi connectivity index (χ0v) is 6.87. The third-order valence-electron chi connectivity index (χ3n) is 1.80. The summed E-state index contributed by atoms with van der Waals surface area (Å²) in [7, 11) is 3.09. The Kier molecular flexibility index (Phi) is 2.84. The molecule has 1 rings (SSSR count). The average molecular weight is 159 g/mol. The number of amides is 1. The van der Waals surface area contributed by atoms with Crippen molar-refractivity contribution < 1.29 is 14.4 Å². The maximum atomic E-state index is 11.1. The average Bonchev–Trinajstić information content (AvgIpc) is 1.94. The summed E-state index contributed by atoms with van der Waals surface area (Å²) in [6, 6.07) is 0. The minimum Gasteiger partial charge on any atom is -0.381 e. The molecular formula is C7H13NO3.